The number of fused-ring (bicyclic) bond motifs is 1. The van der Waals surface area contributed by atoms with Gasteiger partial charge in [0.2, 0.25) is 0 Å². The first-order valence-corrected chi connectivity index (χ1v) is 11.7. The van der Waals surface area contributed by atoms with Gasteiger partial charge < -0.3 is 24.1 Å². The molecule has 34 heavy (non-hydrogen) atoms. The molecule has 2 fully saturated rings. The van der Waals surface area contributed by atoms with Gasteiger partial charge >= 0.3 is 0 Å². The van der Waals surface area contributed by atoms with Gasteiger partial charge in [-0.15, -0.1) is 0 Å². The van der Waals surface area contributed by atoms with E-state index in [1.807, 2.05) is 66.7 Å². The second kappa shape index (κ2) is 10.8. The number of ether oxygens (including phenoxy) is 4. The quantitative estimate of drug-likeness (QED) is 0.576. The monoisotopic (exact) mass is 461 g/mol. The van der Waals surface area contributed by atoms with Crippen LogP contribution in [0.1, 0.15) is 23.0 Å². The molecule has 0 spiro atoms. The minimum absolute atomic E-state index is 0.325. The highest BCUT2D eigenvalue weighted by Gasteiger charge is 2.51. The minimum Gasteiger partial charge on any atom is -0.388 e. The molecular formula is C28H31NO5. The van der Waals surface area contributed by atoms with E-state index in [9.17, 15) is 5.11 Å². The lowest BCUT2D eigenvalue weighted by Gasteiger charge is -2.50. The predicted octanol–water partition coefficient (Wildman–Crippen LogP) is 3.90. The van der Waals surface area contributed by atoms with E-state index in [-0.39, 0.29) is 0 Å². The lowest BCUT2D eigenvalue weighted by Crippen LogP contribution is -2.66. The van der Waals surface area contributed by atoms with Gasteiger partial charge in [-0.3, -0.25) is 4.90 Å². The lowest BCUT2D eigenvalue weighted by molar-refractivity contribution is -0.351. The average Bonchev–Trinajstić information content (AvgIpc) is 2.90. The first-order chi connectivity index (χ1) is 16.7. The van der Waals surface area contributed by atoms with Crippen molar-refractivity contribution >= 4 is 0 Å². The molecule has 0 aliphatic carbocycles. The van der Waals surface area contributed by atoms with Gasteiger partial charge in [0.25, 0.3) is 0 Å². The number of hydrogen-bond acceptors (Lipinski definition) is 6. The number of hydrogen-bond donors (Lipinski definition) is 1. The maximum Gasteiger partial charge on any atom is 0.184 e. The number of nitrogens with zero attached hydrogens (tertiary/aromatic N) is 1. The third-order valence-corrected chi connectivity index (χ3v) is 6.52. The second-order valence-electron chi connectivity index (χ2n) is 8.81. The summed E-state index contributed by atoms with van der Waals surface area (Å²) in [5.41, 5.74) is 3.22. The number of methoxy groups -OCH3 is 1. The molecule has 2 heterocycles. The van der Waals surface area contributed by atoms with Crippen molar-refractivity contribution in [3.05, 3.63) is 108 Å². The molecule has 1 N–H and O–H groups in total. The highest BCUT2D eigenvalue weighted by molar-refractivity contribution is 5.19. The SMILES string of the molecule is CO[C@H]1O[C@@H]2CO[C@@H](c3ccccc3)O[C@H]2[C@H](O)[C@H]1N(Cc1ccccc1)Cc1ccccc1. The van der Waals surface area contributed by atoms with Crippen molar-refractivity contribution in [2.45, 2.75) is 50.0 Å². The normalized spacial score (nSPS) is 29.0. The zero-order valence-corrected chi connectivity index (χ0v) is 19.3. The van der Waals surface area contributed by atoms with Crippen LogP contribution >= 0.6 is 0 Å². The highest BCUT2D eigenvalue weighted by atomic mass is 16.7. The molecule has 3 aromatic carbocycles. The molecule has 0 amide bonds. The summed E-state index contributed by atoms with van der Waals surface area (Å²) in [6, 6.07) is 29.9. The molecule has 6 nitrogen and oxygen atoms in total. The van der Waals surface area contributed by atoms with Crippen molar-refractivity contribution in [1.29, 1.82) is 0 Å². The van der Waals surface area contributed by atoms with Crippen LogP contribution in [0.15, 0.2) is 91.0 Å². The van der Waals surface area contributed by atoms with Crippen LogP contribution in [-0.2, 0) is 32.0 Å². The molecule has 0 unspecified atom stereocenters. The van der Waals surface area contributed by atoms with E-state index >= 15 is 0 Å². The fraction of sp³-hybridized carbons (Fsp3) is 0.357. The number of rotatable bonds is 7. The standard InChI is InChI=1S/C28H31NO5/c1-31-28-24(29(17-20-11-5-2-6-12-20)18-21-13-7-3-8-14-21)25(30)26-23(33-28)19-32-27(34-26)22-15-9-4-10-16-22/h2-16,23-28,30H,17-19H2,1H3/t23-,24-,25-,26-,27-,28+/m1/s1. The summed E-state index contributed by atoms with van der Waals surface area (Å²) < 4.78 is 24.3. The fourth-order valence-corrected chi connectivity index (χ4v) is 4.84. The van der Waals surface area contributed by atoms with Gasteiger partial charge in [0.15, 0.2) is 12.6 Å². The van der Waals surface area contributed by atoms with Crippen molar-refractivity contribution in [2.24, 2.45) is 0 Å². The van der Waals surface area contributed by atoms with Gasteiger partial charge in [-0.25, -0.2) is 0 Å². The van der Waals surface area contributed by atoms with Crippen LogP contribution in [0.3, 0.4) is 0 Å². The zero-order chi connectivity index (χ0) is 23.3. The Morgan fingerprint density at radius 3 is 1.94 bits per heavy atom. The van der Waals surface area contributed by atoms with Gasteiger partial charge in [0, 0.05) is 25.8 Å². The molecule has 2 aliphatic heterocycles. The molecule has 5 rings (SSSR count). The molecule has 2 aliphatic rings. The molecule has 0 aromatic heterocycles. The Balaban J connectivity index is 1.42. The molecule has 6 heteroatoms. The summed E-state index contributed by atoms with van der Waals surface area (Å²) in [5.74, 6) is 0. The van der Waals surface area contributed by atoms with Gasteiger partial charge in [0.1, 0.15) is 18.3 Å². The van der Waals surface area contributed by atoms with Gasteiger partial charge in [-0.05, 0) is 11.1 Å². The van der Waals surface area contributed by atoms with Gasteiger partial charge in [-0.2, -0.15) is 0 Å². The molecule has 3 aromatic rings. The fourth-order valence-electron chi connectivity index (χ4n) is 4.84. The maximum atomic E-state index is 11.7. The summed E-state index contributed by atoms with van der Waals surface area (Å²) in [6.45, 7) is 1.60. The molecule has 6 atom stereocenters. The van der Waals surface area contributed by atoms with E-state index in [0.717, 1.165) is 16.7 Å². The third-order valence-electron chi connectivity index (χ3n) is 6.52. The van der Waals surface area contributed by atoms with E-state index in [0.29, 0.717) is 19.7 Å². The second-order valence-corrected chi connectivity index (χ2v) is 8.81. The summed E-state index contributed by atoms with van der Waals surface area (Å²) in [7, 11) is 1.62. The Labute approximate surface area is 200 Å². The van der Waals surface area contributed by atoms with E-state index < -0.39 is 36.9 Å². The van der Waals surface area contributed by atoms with Crippen molar-refractivity contribution in [2.75, 3.05) is 13.7 Å². The first-order valence-electron chi connectivity index (χ1n) is 11.7. The van der Waals surface area contributed by atoms with Gasteiger partial charge in [0.05, 0.1) is 12.6 Å². The van der Waals surface area contributed by atoms with Crippen molar-refractivity contribution in [3.63, 3.8) is 0 Å². The van der Waals surface area contributed by atoms with E-state index in [1.165, 1.54) is 0 Å². The first kappa shape index (κ1) is 23.2. The van der Waals surface area contributed by atoms with Crippen LogP contribution in [0.25, 0.3) is 0 Å². The minimum atomic E-state index is -0.828. The van der Waals surface area contributed by atoms with Crippen LogP contribution in [0.4, 0.5) is 0 Å². The lowest BCUT2D eigenvalue weighted by atomic mass is 9.93. The smallest absolute Gasteiger partial charge is 0.184 e. The van der Waals surface area contributed by atoms with Crippen molar-refractivity contribution < 1.29 is 24.1 Å². The van der Waals surface area contributed by atoms with E-state index in [1.54, 1.807) is 7.11 Å². The number of benzene rings is 3. The Kier molecular flexibility index (Phi) is 7.35. The van der Waals surface area contributed by atoms with Crippen molar-refractivity contribution in [3.8, 4) is 0 Å². The predicted molar refractivity (Wildman–Crippen MR) is 128 cm³/mol. The Bertz CT molecular complexity index is 977. The zero-order valence-electron chi connectivity index (χ0n) is 19.3. The average molecular weight is 462 g/mol. The summed E-state index contributed by atoms with van der Waals surface area (Å²) in [5, 5.41) is 11.7. The Morgan fingerprint density at radius 1 is 0.824 bits per heavy atom. The summed E-state index contributed by atoms with van der Waals surface area (Å²) in [4.78, 5) is 2.22. The van der Waals surface area contributed by atoms with Crippen LogP contribution in [0.2, 0.25) is 0 Å². The summed E-state index contributed by atoms with van der Waals surface area (Å²) >= 11 is 0. The topological polar surface area (TPSA) is 60.4 Å². The van der Waals surface area contributed by atoms with Crippen LogP contribution in [0.5, 0.6) is 0 Å². The third kappa shape index (κ3) is 5.08. The van der Waals surface area contributed by atoms with Crippen LogP contribution in [-0.4, -0.2) is 54.4 Å². The maximum absolute atomic E-state index is 11.7. The molecule has 2 saturated heterocycles. The Hall–Kier alpha value is -2.58. The largest absolute Gasteiger partial charge is 0.388 e. The molecule has 178 valence electrons. The van der Waals surface area contributed by atoms with Crippen LogP contribution < -0.4 is 0 Å². The van der Waals surface area contributed by atoms with Crippen LogP contribution in [0, 0.1) is 0 Å². The molecular weight excluding hydrogens is 430 g/mol. The van der Waals surface area contributed by atoms with E-state index in [4.69, 9.17) is 18.9 Å². The molecule has 0 saturated carbocycles. The Morgan fingerprint density at radius 2 is 1.38 bits per heavy atom. The number of aliphatic hydroxyl groups is 1. The summed E-state index contributed by atoms with van der Waals surface area (Å²) in [6.07, 6.45) is -2.94. The highest BCUT2D eigenvalue weighted by Crippen LogP contribution is 2.36. The van der Waals surface area contributed by atoms with Gasteiger partial charge in [-0.1, -0.05) is 91.0 Å². The molecule has 0 bridgehead atoms. The van der Waals surface area contributed by atoms with E-state index in [2.05, 4.69) is 29.2 Å². The number of aliphatic hydroxyl groups excluding tert-OH is 1. The molecule has 0 radical (unpaired) electrons. The van der Waals surface area contributed by atoms with Crippen molar-refractivity contribution in [1.82, 2.24) is 4.90 Å².